The molecule has 6 nitrogen and oxygen atoms in total. The molecule has 0 bridgehead atoms. The van der Waals surface area contributed by atoms with Crippen molar-refractivity contribution in [2.24, 2.45) is 5.92 Å². The summed E-state index contributed by atoms with van der Waals surface area (Å²) >= 11 is 0. The molecule has 6 heteroatoms. The molecule has 0 atom stereocenters. The minimum absolute atomic E-state index is 0.0109. The normalized spacial score (nSPS) is 20.0. The van der Waals surface area contributed by atoms with Gasteiger partial charge in [-0.2, -0.15) is 0 Å². The maximum atomic E-state index is 13.0. The average molecular weight is 449 g/mol. The Morgan fingerprint density at radius 2 is 1.70 bits per heavy atom. The Kier molecular flexibility index (Phi) is 6.36. The fourth-order valence-electron chi connectivity index (χ4n) is 5.28. The van der Waals surface area contributed by atoms with Gasteiger partial charge in [-0.15, -0.1) is 0 Å². The number of carbonyl (C=O) groups excluding carboxylic acids is 2. The second-order valence-electron chi connectivity index (χ2n) is 9.55. The van der Waals surface area contributed by atoms with Gasteiger partial charge in [-0.3, -0.25) is 14.5 Å². The van der Waals surface area contributed by atoms with E-state index in [4.69, 9.17) is 9.47 Å². The summed E-state index contributed by atoms with van der Waals surface area (Å²) in [5.74, 6) is 1.58. The summed E-state index contributed by atoms with van der Waals surface area (Å²) in [5.41, 5.74) is 2.11. The van der Waals surface area contributed by atoms with Crippen LogP contribution in [0.15, 0.2) is 48.5 Å². The number of fused-ring (bicyclic) bond motifs is 1. The molecule has 0 aromatic heterocycles. The number of carbonyl (C=O) groups is 2. The Balaban J connectivity index is 1.10. The number of rotatable bonds is 7. The molecule has 5 rings (SSSR count). The molecule has 1 N–H and O–H groups in total. The number of benzene rings is 2. The zero-order valence-corrected chi connectivity index (χ0v) is 19.1. The predicted octanol–water partition coefficient (Wildman–Crippen LogP) is 3.59. The lowest BCUT2D eigenvalue weighted by Gasteiger charge is -2.42. The highest BCUT2D eigenvalue weighted by atomic mass is 16.6. The van der Waals surface area contributed by atoms with Crippen molar-refractivity contribution in [3.63, 3.8) is 0 Å². The van der Waals surface area contributed by atoms with Gasteiger partial charge in [0.25, 0.3) is 0 Å². The van der Waals surface area contributed by atoms with E-state index in [1.54, 1.807) is 6.07 Å². The maximum absolute atomic E-state index is 13.0. The van der Waals surface area contributed by atoms with E-state index in [2.05, 4.69) is 34.5 Å². The molecule has 2 fully saturated rings. The van der Waals surface area contributed by atoms with E-state index >= 15 is 0 Å². The van der Waals surface area contributed by atoms with Crippen LogP contribution >= 0.6 is 0 Å². The van der Waals surface area contributed by atoms with Gasteiger partial charge in [0.1, 0.15) is 13.2 Å². The maximum Gasteiger partial charge on any atom is 0.234 e. The highest BCUT2D eigenvalue weighted by Crippen LogP contribution is 2.43. The Morgan fingerprint density at radius 1 is 0.970 bits per heavy atom. The SMILES string of the molecule is O=C(CN1CCC(C(=O)c2ccc3c(c2)OCCO3)CC1)NCC1(c2ccccc2)CCC1. The summed E-state index contributed by atoms with van der Waals surface area (Å²) in [4.78, 5) is 27.8. The molecular formula is C27H32N2O4. The molecule has 3 aliphatic rings. The van der Waals surface area contributed by atoms with Crippen molar-refractivity contribution < 1.29 is 19.1 Å². The summed E-state index contributed by atoms with van der Waals surface area (Å²) in [5, 5.41) is 3.19. The topological polar surface area (TPSA) is 67.9 Å². The van der Waals surface area contributed by atoms with Gasteiger partial charge < -0.3 is 14.8 Å². The molecule has 0 unspecified atom stereocenters. The van der Waals surface area contributed by atoms with E-state index in [-0.39, 0.29) is 23.0 Å². The van der Waals surface area contributed by atoms with Gasteiger partial charge in [-0.05, 0) is 62.5 Å². The lowest BCUT2D eigenvalue weighted by molar-refractivity contribution is -0.123. The second kappa shape index (κ2) is 9.56. The van der Waals surface area contributed by atoms with Crippen molar-refractivity contribution in [2.75, 3.05) is 39.4 Å². The van der Waals surface area contributed by atoms with E-state index in [0.717, 1.165) is 38.8 Å². The fourth-order valence-corrected chi connectivity index (χ4v) is 5.28. The standard InChI is InChI=1S/C27H32N2O4/c30-25(28-19-27(11-4-12-27)22-5-2-1-3-6-22)18-29-13-9-20(10-14-29)26(31)21-7-8-23-24(17-21)33-16-15-32-23/h1-3,5-8,17,20H,4,9-16,18-19H2,(H,28,30). The minimum atomic E-state index is -0.0109. The Bertz CT molecular complexity index is 994. The van der Waals surface area contributed by atoms with Gasteiger partial charge >= 0.3 is 0 Å². The van der Waals surface area contributed by atoms with Gasteiger partial charge in [0, 0.05) is 23.4 Å². The third kappa shape index (κ3) is 4.76. The number of amides is 1. The monoisotopic (exact) mass is 448 g/mol. The van der Waals surface area contributed by atoms with Crippen molar-refractivity contribution in [2.45, 2.75) is 37.5 Å². The van der Waals surface area contributed by atoms with Crippen LogP contribution in [0.4, 0.5) is 0 Å². The summed E-state index contributed by atoms with van der Waals surface area (Å²) in [6.07, 6.45) is 5.02. The highest BCUT2D eigenvalue weighted by molar-refractivity contribution is 5.98. The molecule has 1 aliphatic carbocycles. The Labute approximate surface area is 195 Å². The molecular weight excluding hydrogens is 416 g/mol. The third-order valence-corrected chi connectivity index (χ3v) is 7.47. The highest BCUT2D eigenvalue weighted by Gasteiger charge is 2.38. The first-order valence-corrected chi connectivity index (χ1v) is 12.1. The fraction of sp³-hybridized carbons (Fsp3) is 0.481. The zero-order valence-electron chi connectivity index (χ0n) is 19.1. The van der Waals surface area contributed by atoms with E-state index in [9.17, 15) is 9.59 Å². The van der Waals surface area contributed by atoms with Crippen LogP contribution in [0.3, 0.4) is 0 Å². The van der Waals surface area contributed by atoms with E-state index in [1.165, 1.54) is 12.0 Å². The Morgan fingerprint density at radius 3 is 2.39 bits per heavy atom. The first-order chi connectivity index (χ1) is 16.1. The molecule has 2 aromatic carbocycles. The number of hydrogen-bond donors (Lipinski definition) is 1. The molecule has 0 spiro atoms. The van der Waals surface area contributed by atoms with Crippen LogP contribution in [-0.2, 0) is 10.2 Å². The molecule has 2 aliphatic heterocycles. The van der Waals surface area contributed by atoms with Crippen LogP contribution in [-0.4, -0.2) is 56.0 Å². The van der Waals surface area contributed by atoms with Crippen LogP contribution in [0, 0.1) is 5.92 Å². The predicted molar refractivity (Wildman–Crippen MR) is 126 cm³/mol. The van der Waals surface area contributed by atoms with Crippen LogP contribution < -0.4 is 14.8 Å². The average Bonchev–Trinajstić information content (AvgIpc) is 2.84. The van der Waals surface area contributed by atoms with Crippen molar-refractivity contribution in [1.82, 2.24) is 10.2 Å². The summed E-state index contributed by atoms with van der Waals surface area (Å²) in [6, 6.07) is 16.0. The van der Waals surface area contributed by atoms with Gasteiger partial charge in [-0.1, -0.05) is 36.8 Å². The van der Waals surface area contributed by atoms with E-state index in [0.29, 0.717) is 43.4 Å². The summed E-state index contributed by atoms with van der Waals surface area (Å²) < 4.78 is 11.2. The van der Waals surface area contributed by atoms with Crippen LogP contribution in [0.2, 0.25) is 0 Å². The summed E-state index contributed by atoms with van der Waals surface area (Å²) in [6.45, 7) is 3.68. The number of ketones is 1. The lowest BCUT2D eigenvalue weighted by atomic mass is 9.64. The van der Waals surface area contributed by atoms with Crippen LogP contribution in [0.25, 0.3) is 0 Å². The van der Waals surface area contributed by atoms with Gasteiger partial charge in [0.15, 0.2) is 17.3 Å². The van der Waals surface area contributed by atoms with Gasteiger partial charge in [-0.25, -0.2) is 0 Å². The number of likely N-dealkylation sites (tertiary alicyclic amines) is 1. The molecule has 1 amide bonds. The van der Waals surface area contributed by atoms with E-state index < -0.39 is 0 Å². The van der Waals surface area contributed by atoms with Crippen molar-refractivity contribution in [3.8, 4) is 11.5 Å². The van der Waals surface area contributed by atoms with Crippen molar-refractivity contribution in [3.05, 3.63) is 59.7 Å². The molecule has 174 valence electrons. The number of piperidine rings is 1. The largest absolute Gasteiger partial charge is 0.486 e. The number of Topliss-reactive ketones (excluding diaryl/α,β-unsaturated/α-hetero) is 1. The minimum Gasteiger partial charge on any atom is -0.486 e. The molecule has 2 aromatic rings. The van der Waals surface area contributed by atoms with Crippen LogP contribution in [0.5, 0.6) is 11.5 Å². The zero-order chi connectivity index (χ0) is 22.7. The van der Waals surface area contributed by atoms with Crippen molar-refractivity contribution in [1.29, 1.82) is 0 Å². The molecule has 0 radical (unpaired) electrons. The molecule has 33 heavy (non-hydrogen) atoms. The number of nitrogens with one attached hydrogen (secondary N) is 1. The van der Waals surface area contributed by atoms with Gasteiger partial charge in [0.2, 0.25) is 5.91 Å². The second-order valence-corrected chi connectivity index (χ2v) is 9.55. The molecule has 1 saturated heterocycles. The van der Waals surface area contributed by atoms with E-state index in [1.807, 2.05) is 18.2 Å². The van der Waals surface area contributed by atoms with Gasteiger partial charge in [0.05, 0.1) is 6.54 Å². The quantitative estimate of drug-likeness (QED) is 0.656. The third-order valence-electron chi connectivity index (χ3n) is 7.47. The first-order valence-electron chi connectivity index (χ1n) is 12.1. The molecule has 2 heterocycles. The number of hydrogen-bond acceptors (Lipinski definition) is 5. The number of ether oxygens (including phenoxy) is 2. The van der Waals surface area contributed by atoms with Crippen LogP contribution in [0.1, 0.15) is 48.0 Å². The smallest absolute Gasteiger partial charge is 0.234 e. The Hall–Kier alpha value is -2.86. The summed E-state index contributed by atoms with van der Waals surface area (Å²) in [7, 11) is 0. The molecule has 1 saturated carbocycles. The first kappa shape index (κ1) is 22.0. The lowest BCUT2D eigenvalue weighted by Crippen LogP contribution is -2.48. The number of nitrogens with zero attached hydrogens (tertiary/aromatic N) is 1. The van der Waals surface area contributed by atoms with Crippen molar-refractivity contribution >= 4 is 11.7 Å².